The summed E-state index contributed by atoms with van der Waals surface area (Å²) in [5, 5.41) is 3.52. The normalized spacial score (nSPS) is 29.1. The van der Waals surface area contributed by atoms with E-state index in [2.05, 4.69) is 10.2 Å². The lowest BCUT2D eigenvalue weighted by molar-refractivity contribution is -0.156. The Labute approximate surface area is 171 Å². The van der Waals surface area contributed by atoms with Crippen molar-refractivity contribution in [2.45, 2.75) is 70.8 Å². The molecule has 0 amide bonds. The Hall–Kier alpha value is -1.54. The van der Waals surface area contributed by atoms with Crippen LogP contribution < -0.4 is 16.0 Å². The molecule has 1 aromatic heterocycles. The Morgan fingerprint density at radius 3 is 2.28 bits per heavy atom. The van der Waals surface area contributed by atoms with Crippen LogP contribution in [-0.2, 0) is 0 Å². The number of alkyl halides is 3. The van der Waals surface area contributed by atoms with E-state index >= 15 is 0 Å². The number of hydrogen-bond acceptors (Lipinski definition) is 5. The monoisotopic (exact) mass is 413 g/mol. The molecule has 2 atom stereocenters. The standard InChI is InChI=1S/C21H34F3N5/c1-14-11-28(12-15(2)29(14)13-21(22,23)24)20-9-8-19(16(3)27-20)26-10-17-4-6-18(25)7-5-17/h8-9,14-15,17-18,26H,4-7,10-13,25H2,1-3H3/t14-,15+,17-,18-. The van der Waals surface area contributed by atoms with Gasteiger partial charge in [-0.15, -0.1) is 0 Å². The zero-order chi connectivity index (χ0) is 21.2. The zero-order valence-corrected chi connectivity index (χ0v) is 17.7. The number of aryl methyl sites for hydroxylation is 1. The molecule has 0 spiro atoms. The van der Waals surface area contributed by atoms with Crippen molar-refractivity contribution in [1.82, 2.24) is 9.88 Å². The average Bonchev–Trinajstić information content (AvgIpc) is 2.64. The van der Waals surface area contributed by atoms with Crippen LogP contribution in [0.15, 0.2) is 12.1 Å². The van der Waals surface area contributed by atoms with Crippen molar-refractivity contribution in [3.63, 3.8) is 0 Å². The smallest absolute Gasteiger partial charge is 0.383 e. The van der Waals surface area contributed by atoms with E-state index in [-0.39, 0.29) is 12.1 Å². The van der Waals surface area contributed by atoms with Gasteiger partial charge in [-0.05, 0) is 64.5 Å². The highest BCUT2D eigenvalue weighted by molar-refractivity contribution is 5.54. The summed E-state index contributed by atoms with van der Waals surface area (Å²) in [6.07, 6.45) is 0.349. The first kappa shape index (κ1) is 22.2. The fourth-order valence-electron chi connectivity index (χ4n) is 4.62. The molecule has 0 aromatic carbocycles. The molecule has 0 radical (unpaired) electrons. The predicted octanol–water partition coefficient (Wildman–Crippen LogP) is 3.78. The second-order valence-corrected chi connectivity index (χ2v) is 8.85. The van der Waals surface area contributed by atoms with E-state index in [1.807, 2.05) is 32.9 Å². The van der Waals surface area contributed by atoms with Crippen LogP contribution in [0.5, 0.6) is 0 Å². The Morgan fingerprint density at radius 2 is 1.72 bits per heavy atom. The maximum Gasteiger partial charge on any atom is 0.401 e. The van der Waals surface area contributed by atoms with Gasteiger partial charge >= 0.3 is 6.18 Å². The SMILES string of the molecule is Cc1nc(N2C[C@@H](C)N(CC(F)(F)F)[C@@H](C)C2)ccc1NC[C@H]1CC[C@H](N)CC1. The van der Waals surface area contributed by atoms with Gasteiger partial charge in [0.1, 0.15) is 5.82 Å². The molecule has 8 heteroatoms. The van der Waals surface area contributed by atoms with Crippen LogP contribution in [-0.4, -0.2) is 60.4 Å². The molecule has 1 aliphatic carbocycles. The number of pyridine rings is 1. The number of nitrogens with zero attached hydrogens (tertiary/aromatic N) is 3. The molecular formula is C21H34F3N5. The number of nitrogens with one attached hydrogen (secondary N) is 1. The number of piperazine rings is 1. The Morgan fingerprint density at radius 1 is 1.10 bits per heavy atom. The third-order valence-electron chi connectivity index (χ3n) is 6.33. The molecule has 3 N–H and O–H groups in total. The molecule has 1 aromatic rings. The summed E-state index contributed by atoms with van der Waals surface area (Å²) in [6.45, 7) is 6.85. The van der Waals surface area contributed by atoms with E-state index in [0.29, 0.717) is 25.0 Å². The number of halogens is 3. The molecule has 2 fully saturated rings. The van der Waals surface area contributed by atoms with E-state index in [1.54, 1.807) is 0 Å². The van der Waals surface area contributed by atoms with Crippen LogP contribution in [0.25, 0.3) is 0 Å². The molecule has 2 aliphatic rings. The van der Waals surface area contributed by atoms with Crippen LogP contribution in [0, 0.1) is 12.8 Å². The summed E-state index contributed by atoms with van der Waals surface area (Å²) in [7, 11) is 0. The summed E-state index contributed by atoms with van der Waals surface area (Å²) >= 11 is 0. The van der Waals surface area contributed by atoms with Gasteiger partial charge in [-0.25, -0.2) is 4.98 Å². The van der Waals surface area contributed by atoms with Gasteiger partial charge in [0.2, 0.25) is 0 Å². The van der Waals surface area contributed by atoms with Crippen LogP contribution in [0.3, 0.4) is 0 Å². The highest BCUT2D eigenvalue weighted by Gasteiger charge is 2.38. The first-order chi connectivity index (χ1) is 13.6. The topological polar surface area (TPSA) is 57.4 Å². The van der Waals surface area contributed by atoms with E-state index in [9.17, 15) is 13.2 Å². The highest BCUT2D eigenvalue weighted by atomic mass is 19.4. The van der Waals surface area contributed by atoms with Crippen LogP contribution in [0.1, 0.15) is 45.2 Å². The Bertz CT molecular complexity index is 661. The molecule has 0 bridgehead atoms. The van der Waals surface area contributed by atoms with Crippen molar-refractivity contribution >= 4 is 11.5 Å². The number of aromatic nitrogens is 1. The van der Waals surface area contributed by atoms with Crippen molar-refractivity contribution in [3.05, 3.63) is 17.8 Å². The van der Waals surface area contributed by atoms with Gasteiger partial charge < -0.3 is 16.0 Å². The maximum absolute atomic E-state index is 12.8. The summed E-state index contributed by atoms with van der Waals surface area (Å²) in [6, 6.07) is 4.01. The molecule has 5 nitrogen and oxygen atoms in total. The molecule has 164 valence electrons. The molecule has 1 aliphatic heterocycles. The summed E-state index contributed by atoms with van der Waals surface area (Å²) in [4.78, 5) is 8.38. The fraction of sp³-hybridized carbons (Fsp3) is 0.762. The summed E-state index contributed by atoms with van der Waals surface area (Å²) < 4.78 is 38.5. The Kier molecular flexibility index (Phi) is 6.94. The molecule has 29 heavy (non-hydrogen) atoms. The minimum Gasteiger partial charge on any atom is -0.383 e. The van der Waals surface area contributed by atoms with Crippen molar-refractivity contribution in [3.8, 4) is 0 Å². The molecule has 1 saturated heterocycles. The minimum absolute atomic E-state index is 0.182. The van der Waals surface area contributed by atoms with Crippen molar-refractivity contribution < 1.29 is 13.2 Å². The third kappa shape index (κ3) is 5.98. The second-order valence-electron chi connectivity index (χ2n) is 8.85. The molecule has 2 heterocycles. The summed E-state index contributed by atoms with van der Waals surface area (Å²) in [5.41, 5.74) is 7.93. The van der Waals surface area contributed by atoms with E-state index in [1.165, 1.54) is 4.90 Å². The Balaban J connectivity index is 1.58. The van der Waals surface area contributed by atoms with E-state index in [0.717, 1.165) is 49.4 Å². The molecular weight excluding hydrogens is 379 g/mol. The molecule has 1 saturated carbocycles. The maximum atomic E-state index is 12.8. The second kappa shape index (κ2) is 9.08. The van der Waals surface area contributed by atoms with Gasteiger partial charge in [0.25, 0.3) is 0 Å². The van der Waals surface area contributed by atoms with Crippen molar-refractivity contribution in [1.29, 1.82) is 0 Å². The quantitative estimate of drug-likeness (QED) is 0.769. The zero-order valence-electron chi connectivity index (χ0n) is 17.7. The van der Waals surface area contributed by atoms with E-state index in [4.69, 9.17) is 10.7 Å². The lowest BCUT2D eigenvalue weighted by atomic mass is 9.86. The van der Waals surface area contributed by atoms with Gasteiger partial charge in [0.15, 0.2) is 0 Å². The largest absolute Gasteiger partial charge is 0.401 e. The fourth-order valence-corrected chi connectivity index (χ4v) is 4.62. The first-order valence-corrected chi connectivity index (χ1v) is 10.7. The average molecular weight is 414 g/mol. The third-order valence-corrected chi connectivity index (χ3v) is 6.33. The number of anilines is 2. The number of nitrogens with two attached hydrogens (primary N) is 1. The van der Waals surface area contributed by atoms with Gasteiger partial charge in [-0.2, -0.15) is 13.2 Å². The lowest BCUT2D eigenvalue weighted by Crippen LogP contribution is -2.59. The van der Waals surface area contributed by atoms with Gasteiger partial charge in [-0.1, -0.05) is 0 Å². The van der Waals surface area contributed by atoms with Crippen LogP contribution in [0.2, 0.25) is 0 Å². The molecule has 3 rings (SSSR count). The minimum atomic E-state index is -4.17. The summed E-state index contributed by atoms with van der Waals surface area (Å²) in [5.74, 6) is 1.49. The van der Waals surface area contributed by atoms with Gasteiger partial charge in [0, 0.05) is 37.8 Å². The lowest BCUT2D eigenvalue weighted by Gasteiger charge is -2.45. The van der Waals surface area contributed by atoms with Crippen LogP contribution >= 0.6 is 0 Å². The first-order valence-electron chi connectivity index (χ1n) is 10.7. The number of hydrogen-bond donors (Lipinski definition) is 2. The van der Waals surface area contributed by atoms with E-state index < -0.39 is 12.7 Å². The highest BCUT2D eigenvalue weighted by Crippen LogP contribution is 2.28. The van der Waals surface area contributed by atoms with Gasteiger partial charge in [0.05, 0.1) is 17.9 Å². The van der Waals surface area contributed by atoms with Crippen molar-refractivity contribution in [2.24, 2.45) is 11.7 Å². The van der Waals surface area contributed by atoms with Crippen molar-refractivity contribution in [2.75, 3.05) is 36.4 Å². The molecule has 0 unspecified atom stereocenters. The number of rotatable bonds is 5. The van der Waals surface area contributed by atoms with Crippen LogP contribution in [0.4, 0.5) is 24.7 Å². The predicted molar refractivity (Wildman–Crippen MR) is 111 cm³/mol. The van der Waals surface area contributed by atoms with Gasteiger partial charge in [-0.3, -0.25) is 4.90 Å².